The van der Waals surface area contributed by atoms with E-state index in [1.54, 1.807) is 25.7 Å². The molecule has 0 aliphatic carbocycles. The zero-order valence-corrected chi connectivity index (χ0v) is 10.7. The highest BCUT2D eigenvalue weighted by Crippen LogP contribution is 2.17. The Morgan fingerprint density at radius 1 is 1.38 bits per heavy atom. The van der Waals surface area contributed by atoms with Gasteiger partial charge in [-0.3, -0.25) is 14.5 Å². The van der Waals surface area contributed by atoms with Gasteiger partial charge in [0.2, 0.25) is 5.91 Å². The summed E-state index contributed by atoms with van der Waals surface area (Å²) in [5, 5.41) is 11.8. The standard InChI is InChI=1S/C11H22N2O3/c1-6-12-9(14)8(3)13(7-2)11(4,5)10(15)16/h8H,6-7H2,1-5H3,(H,12,14)(H,15,16). The summed E-state index contributed by atoms with van der Waals surface area (Å²) >= 11 is 0. The summed E-state index contributed by atoms with van der Waals surface area (Å²) in [6.07, 6.45) is 0. The quantitative estimate of drug-likeness (QED) is 0.704. The molecule has 0 rings (SSSR count). The molecule has 16 heavy (non-hydrogen) atoms. The number of nitrogens with one attached hydrogen (secondary N) is 1. The Labute approximate surface area is 96.8 Å². The van der Waals surface area contributed by atoms with Gasteiger partial charge in [-0.2, -0.15) is 0 Å². The van der Waals surface area contributed by atoms with Crippen LogP contribution in [0.3, 0.4) is 0 Å². The van der Waals surface area contributed by atoms with Crippen LogP contribution in [0.2, 0.25) is 0 Å². The van der Waals surface area contributed by atoms with Crippen molar-refractivity contribution in [1.29, 1.82) is 0 Å². The molecule has 0 saturated heterocycles. The minimum Gasteiger partial charge on any atom is -0.480 e. The average Bonchev–Trinajstić information content (AvgIpc) is 2.18. The van der Waals surface area contributed by atoms with Gasteiger partial charge in [-0.05, 0) is 34.2 Å². The van der Waals surface area contributed by atoms with Crippen molar-refractivity contribution in [3.05, 3.63) is 0 Å². The van der Waals surface area contributed by atoms with Gasteiger partial charge in [0.05, 0.1) is 6.04 Å². The number of likely N-dealkylation sites (N-methyl/N-ethyl adjacent to an activating group) is 2. The Bertz CT molecular complexity index is 264. The lowest BCUT2D eigenvalue weighted by molar-refractivity contribution is -0.152. The Morgan fingerprint density at radius 2 is 1.88 bits per heavy atom. The predicted octanol–water partition coefficient (Wildman–Crippen LogP) is 0.696. The van der Waals surface area contributed by atoms with Crippen LogP contribution in [0, 0.1) is 0 Å². The summed E-state index contributed by atoms with van der Waals surface area (Å²) in [7, 11) is 0. The first-order chi connectivity index (χ1) is 7.28. The Hall–Kier alpha value is -1.10. The molecular weight excluding hydrogens is 208 g/mol. The van der Waals surface area contributed by atoms with Crippen LogP contribution in [0.25, 0.3) is 0 Å². The second-order valence-electron chi connectivity index (χ2n) is 4.22. The number of carboxylic acid groups (broad SMARTS) is 1. The lowest BCUT2D eigenvalue weighted by Crippen LogP contribution is -2.57. The van der Waals surface area contributed by atoms with Crippen LogP contribution in [0.4, 0.5) is 0 Å². The van der Waals surface area contributed by atoms with E-state index in [-0.39, 0.29) is 5.91 Å². The van der Waals surface area contributed by atoms with E-state index in [1.165, 1.54) is 0 Å². The average molecular weight is 230 g/mol. The molecule has 5 nitrogen and oxygen atoms in total. The van der Waals surface area contributed by atoms with Crippen molar-refractivity contribution >= 4 is 11.9 Å². The first kappa shape index (κ1) is 14.9. The van der Waals surface area contributed by atoms with Crippen molar-refractivity contribution in [3.63, 3.8) is 0 Å². The molecule has 94 valence electrons. The van der Waals surface area contributed by atoms with Gasteiger partial charge in [0, 0.05) is 6.54 Å². The number of aliphatic carboxylic acids is 1. The number of hydrogen-bond acceptors (Lipinski definition) is 3. The van der Waals surface area contributed by atoms with E-state index in [0.717, 1.165) is 0 Å². The Kier molecular flexibility index (Phi) is 5.44. The number of carbonyl (C=O) groups is 2. The Balaban J connectivity index is 4.86. The molecule has 0 aliphatic rings. The second kappa shape index (κ2) is 5.84. The summed E-state index contributed by atoms with van der Waals surface area (Å²) in [5.41, 5.74) is -1.04. The van der Waals surface area contributed by atoms with Gasteiger partial charge in [0.15, 0.2) is 0 Å². The molecule has 5 heteroatoms. The SMILES string of the molecule is CCNC(=O)C(C)N(CC)C(C)(C)C(=O)O. The summed E-state index contributed by atoms with van der Waals surface area (Å²) in [6.45, 7) is 9.68. The van der Waals surface area contributed by atoms with Crippen molar-refractivity contribution in [3.8, 4) is 0 Å². The van der Waals surface area contributed by atoms with E-state index in [2.05, 4.69) is 5.32 Å². The van der Waals surface area contributed by atoms with Crippen molar-refractivity contribution in [2.45, 2.75) is 46.2 Å². The molecule has 0 fully saturated rings. The molecule has 1 atom stereocenters. The third-order valence-electron chi connectivity index (χ3n) is 2.78. The lowest BCUT2D eigenvalue weighted by atomic mass is 10.0. The van der Waals surface area contributed by atoms with Crippen LogP contribution in [-0.2, 0) is 9.59 Å². The molecule has 0 bridgehead atoms. The number of hydrogen-bond donors (Lipinski definition) is 2. The van der Waals surface area contributed by atoms with Gasteiger partial charge in [-0.1, -0.05) is 6.92 Å². The fraction of sp³-hybridized carbons (Fsp3) is 0.818. The maximum atomic E-state index is 11.7. The summed E-state index contributed by atoms with van der Waals surface area (Å²) in [5.74, 6) is -1.07. The monoisotopic (exact) mass is 230 g/mol. The first-order valence-electron chi connectivity index (χ1n) is 5.56. The zero-order chi connectivity index (χ0) is 12.9. The van der Waals surface area contributed by atoms with Gasteiger partial charge >= 0.3 is 5.97 Å². The second-order valence-corrected chi connectivity index (χ2v) is 4.22. The van der Waals surface area contributed by atoms with Gasteiger partial charge in [0.1, 0.15) is 5.54 Å². The smallest absolute Gasteiger partial charge is 0.323 e. The molecule has 1 unspecified atom stereocenters. The maximum absolute atomic E-state index is 11.7. The Morgan fingerprint density at radius 3 is 2.19 bits per heavy atom. The fourth-order valence-electron chi connectivity index (χ4n) is 1.74. The van der Waals surface area contributed by atoms with E-state index in [9.17, 15) is 9.59 Å². The maximum Gasteiger partial charge on any atom is 0.323 e. The number of nitrogens with zero attached hydrogens (tertiary/aromatic N) is 1. The number of carbonyl (C=O) groups excluding carboxylic acids is 1. The van der Waals surface area contributed by atoms with Crippen molar-refractivity contribution in [1.82, 2.24) is 10.2 Å². The van der Waals surface area contributed by atoms with Gasteiger partial charge in [0.25, 0.3) is 0 Å². The fourth-order valence-corrected chi connectivity index (χ4v) is 1.74. The van der Waals surface area contributed by atoms with E-state index in [1.807, 2.05) is 13.8 Å². The van der Waals surface area contributed by atoms with E-state index in [4.69, 9.17) is 5.11 Å². The number of carboxylic acids is 1. The van der Waals surface area contributed by atoms with Gasteiger partial charge < -0.3 is 10.4 Å². The predicted molar refractivity (Wildman–Crippen MR) is 62.2 cm³/mol. The van der Waals surface area contributed by atoms with E-state index in [0.29, 0.717) is 13.1 Å². The largest absolute Gasteiger partial charge is 0.480 e. The summed E-state index contributed by atoms with van der Waals surface area (Å²) in [4.78, 5) is 24.5. The molecule has 0 aliphatic heterocycles. The highest BCUT2D eigenvalue weighted by molar-refractivity contribution is 5.83. The molecule has 0 radical (unpaired) electrons. The van der Waals surface area contributed by atoms with E-state index >= 15 is 0 Å². The lowest BCUT2D eigenvalue weighted by Gasteiger charge is -2.37. The van der Waals surface area contributed by atoms with E-state index < -0.39 is 17.6 Å². The van der Waals surface area contributed by atoms with Gasteiger partial charge in [-0.15, -0.1) is 0 Å². The molecular formula is C11H22N2O3. The molecule has 0 heterocycles. The number of amides is 1. The normalized spacial score (nSPS) is 13.6. The van der Waals surface area contributed by atoms with Crippen LogP contribution in [-0.4, -0.2) is 46.6 Å². The van der Waals surface area contributed by atoms with Gasteiger partial charge in [-0.25, -0.2) is 0 Å². The van der Waals surface area contributed by atoms with Crippen LogP contribution in [0.15, 0.2) is 0 Å². The third-order valence-corrected chi connectivity index (χ3v) is 2.78. The third kappa shape index (κ3) is 3.20. The molecule has 0 saturated carbocycles. The highest BCUT2D eigenvalue weighted by atomic mass is 16.4. The molecule has 0 aromatic carbocycles. The van der Waals surface area contributed by atoms with Crippen molar-refractivity contribution in [2.75, 3.05) is 13.1 Å². The first-order valence-corrected chi connectivity index (χ1v) is 5.56. The van der Waals surface area contributed by atoms with Crippen LogP contribution in [0.5, 0.6) is 0 Å². The molecule has 0 aromatic heterocycles. The van der Waals surface area contributed by atoms with Crippen LogP contribution in [0.1, 0.15) is 34.6 Å². The van der Waals surface area contributed by atoms with Crippen LogP contribution >= 0.6 is 0 Å². The molecule has 0 spiro atoms. The summed E-state index contributed by atoms with van der Waals surface area (Å²) < 4.78 is 0. The molecule has 0 aromatic rings. The van der Waals surface area contributed by atoms with Crippen molar-refractivity contribution in [2.24, 2.45) is 0 Å². The molecule has 2 N–H and O–H groups in total. The number of rotatable bonds is 6. The minimum atomic E-state index is -1.04. The minimum absolute atomic E-state index is 0.140. The topological polar surface area (TPSA) is 69.6 Å². The van der Waals surface area contributed by atoms with Crippen molar-refractivity contribution < 1.29 is 14.7 Å². The molecule has 1 amide bonds. The summed E-state index contributed by atoms with van der Waals surface area (Å²) in [6, 6.07) is -0.448. The highest BCUT2D eigenvalue weighted by Gasteiger charge is 2.38. The van der Waals surface area contributed by atoms with Crippen LogP contribution < -0.4 is 5.32 Å². The zero-order valence-electron chi connectivity index (χ0n) is 10.7.